The highest BCUT2D eigenvalue weighted by atomic mass is 16.1. The Hall–Kier alpha value is -3.23. The fourth-order valence-corrected chi connectivity index (χ4v) is 2.71. The van der Waals surface area contributed by atoms with Crippen LogP contribution in [0.4, 0.5) is 5.95 Å². The number of nitrogens with zero attached hydrogens (tertiary/aromatic N) is 7. The van der Waals surface area contributed by atoms with Gasteiger partial charge in [0.2, 0.25) is 5.95 Å². The Morgan fingerprint density at radius 3 is 2.52 bits per heavy atom. The van der Waals surface area contributed by atoms with Crippen LogP contribution in [0.15, 0.2) is 30.6 Å². The van der Waals surface area contributed by atoms with Gasteiger partial charge in [0.15, 0.2) is 5.82 Å². The largest absolute Gasteiger partial charge is 0.352 e. The Kier molecular flexibility index (Phi) is 5.49. The van der Waals surface area contributed by atoms with E-state index in [1.54, 1.807) is 16.8 Å². The second kappa shape index (κ2) is 7.98. The van der Waals surface area contributed by atoms with E-state index in [2.05, 4.69) is 25.5 Å². The monoisotopic (exact) mass is 368 g/mol. The second-order valence-electron chi connectivity index (χ2n) is 6.33. The van der Waals surface area contributed by atoms with Gasteiger partial charge < -0.3 is 10.2 Å². The maximum absolute atomic E-state index is 12.3. The molecular weight excluding hydrogens is 344 g/mol. The lowest BCUT2D eigenvalue weighted by Crippen LogP contribution is -2.26. The molecule has 0 spiro atoms. The van der Waals surface area contributed by atoms with Gasteiger partial charge in [-0.05, 0) is 19.1 Å². The maximum atomic E-state index is 12.3. The van der Waals surface area contributed by atoms with Gasteiger partial charge in [0.1, 0.15) is 12.2 Å². The van der Waals surface area contributed by atoms with Crippen molar-refractivity contribution in [3.05, 3.63) is 42.0 Å². The molecule has 3 aromatic rings. The minimum absolute atomic E-state index is 0.121. The topological polar surface area (TPSA) is 93.8 Å². The van der Waals surface area contributed by atoms with Crippen LogP contribution in [-0.2, 0) is 20.0 Å². The highest BCUT2D eigenvalue weighted by molar-refractivity contribution is 5.94. The molecule has 142 valence electrons. The molecular formula is C18H24N8O. The minimum Gasteiger partial charge on any atom is -0.352 e. The van der Waals surface area contributed by atoms with Gasteiger partial charge in [-0.2, -0.15) is 10.1 Å². The number of anilines is 1. The number of hydrogen-bond acceptors (Lipinski definition) is 6. The molecule has 0 saturated heterocycles. The molecule has 27 heavy (non-hydrogen) atoms. The molecule has 0 bridgehead atoms. The second-order valence-corrected chi connectivity index (χ2v) is 6.33. The number of amides is 1. The van der Waals surface area contributed by atoms with Crippen molar-refractivity contribution in [3.63, 3.8) is 0 Å². The van der Waals surface area contributed by atoms with Gasteiger partial charge in [-0.25, -0.2) is 9.67 Å². The van der Waals surface area contributed by atoms with Gasteiger partial charge in [0.25, 0.3) is 5.91 Å². The first-order valence-corrected chi connectivity index (χ1v) is 8.83. The molecule has 0 saturated carbocycles. The van der Waals surface area contributed by atoms with E-state index in [1.165, 1.54) is 6.33 Å². The highest BCUT2D eigenvalue weighted by Crippen LogP contribution is 2.19. The van der Waals surface area contributed by atoms with Crippen LogP contribution in [0, 0.1) is 0 Å². The zero-order valence-electron chi connectivity index (χ0n) is 16.0. The van der Waals surface area contributed by atoms with Gasteiger partial charge >= 0.3 is 0 Å². The molecule has 1 aromatic carbocycles. The van der Waals surface area contributed by atoms with Crippen molar-refractivity contribution >= 4 is 11.9 Å². The summed E-state index contributed by atoms with van der Waals surface area (Å²) in [7, 11) is 5.71. The SMILES string of the molecule is CCn1nc(-c2ccc(C(=O)NCCc3ncnn3C)cc2)nc1N(C)C. The standard InChI is InChI=1S/C18H24N8O/c1-5-26-18(24(2)3)22-16(23-26)13-6-8-14(9-7-13)17(27)19-11-10-15-20-12-21-25(15)4/h6-9,12H,5,10-11H2,1-4H3,(H,19,27). The third-order valence-electron chi connectivity index (χ3n) is 4.20. The van der Waals surface area contributed by atoms with Crippen molar-refractivity contribution in [2.24, 2.45) is 7.05 Å². The van der Waals surface area contributed by atoms with Gasteiger partial charge in [-0.3, -0.25) is 9.48 Å². The molecule has 0 aliphatic heterocycles. The van der Waals surface area contributed by atoms with Crippen LogP contribution < -0.4 is 10.2 Å². The smallest absolute Gasteiger partial charge is 0.251 e. The zero-order valence-corrected chi connectivity index (χ0v) is 16.0. The number of aryl methyl sites for hydroxylation is 2. The van der Waals surface area contributed by atoms with Crippen molar-refractivity contribution in [3.8, 4) is 11.4 Å². The van der Waals surface area contributed by atoms with E-state index in [0.717, 1.165) is 23.9 Å². The van der Waals surface area contributed by atoms with Gasteiger partial charge in [-0.15, -0.1) is 5.10 Å². The number of benzene rings is 1. The molecule has 3 rings (SSSR count). The van der Waals surface area contributed by atoms with E-state index in [1.807, 2.05) is 49.8 Å². The minimum atomic E-state index is -0.121. The molecule has 0 unspecified atom stereocenters. The quantitative estimate of drug-likeness (QED) is 0.672. The molecule has 0 atom stereocenters. The average Bonchev–Trinajstić information content (AvgIpc) is 3.28. The van der Waals surface area contributed by atoms with E-state index < -0.39 is 0 Å². The lowest BCUT2D eigenvalue weighted by molar-refractivity contribution is 0.0954. The Bertz CT molecular complexity index is 910. The maximum Gasteiger partial charge on any atom is 0.251 e. The Labute approximate surface area is 158 Å². The molecule has 9 heteroatoms. The van der Waals surface area contributed by atoms with Crippen molar-refractivity contribution in [2.45, 2.75) is 19.9 Å². The Morgan fingerprint density at radius 2 is 1.96 bits per heavy atom. The summed E-state index contributed by atoms with van der Waals surface area (Å²) in [6.07, 6.45) is 2.14. The number of rotatable bonds is 7. The molecule has 0 fully saturated rings. The third kappa shape index (κ3) is 4.13. The lowest BCUT2D eigenvalue weighted by atomic mass is 10.1. The van der Waals surface area contributed by atoms with Crippen molar-refractivity contribution in [1.82, 2.24) is 34.8 Å². The number of carbonyl (C=O) groups is 1. The molecule has 9 nitrogen and oxygen atoms in total. The number of nitrogens with one attached hydrogen (secondary N) is 1. The summed E-state index contributed by atoms with van der Waals surface area (Å²) in [5, 5.41) is 11.4. The predicted molar refractivity (Wildman–Crippen MR) is 102 cm³/mol. The lowest BCUT2D eigenvalue weighted by Gasteiger charge is -2.10. The number of hydrogen-bond donors (Lipinski definition) is 1. The van der Waals surface area contributed by atoms with Crippen molar-refractivity contribution < 1.29 is 4.79 Å². The van der Waals surface area contributed by atoms with Gasteiger partial charge in [0, 0.05) is 51.8 Å². The summed E-state index contributed by atoms with van der Waals surface area (Å²) >= 11 is 0. The summed E-state index contributed by atoms with van der Waals surface area (Å²) in [5.74, 6) is 2.16. The summed E-state index contributed by atoms with van der Waals surface area (Å²) < 4.78 is 3.55. The summed E-state index contributed by atoms with van der Waals surface area (Å²) in [5.41, 5.74) is 1.47. The number of carbonyl (C=O) groups excluding carboxylic acids is 1. The van der Waals surface area contributed by atoms with E-state index in [9.17, 15) is 4.79 Å². The first kappa shape index (κ1) is 18.6. The van der Waals surface area contributed by atoms with E-state index in [4.69, 9.17) is 0 Å². The molecule has 2 aromatic heterocycles. The van der Waals surface area contributed by atoms with E-state index in [-0.39, 0.29) is 5.91 Å². The van der Waals surface area contributed by atoms with E-state index >= 15 is 0 Å². The molecule has 0 radical (unpaired) electrons. The van der Waals surface area contributed by atoms with Gasteiger partial charge in [0.05, 0.1) is 0 Å². The fraction of sp³-hybridized carbons (Fsp3) is 0.389. The van der Waals surface area contributed by atoms with Crippen molar-refractivity contribution in [1.29, 1.82) is 0 Å². The van der Waals surface area contributed by atoms with Crippen LogP contribution >= 0.6 is 0 Å². The number of aromatic nitrogens is 6. The summed E-state index contributed by atoms with van der Waals surface area (Å²) in [4.78, 5) is 22.9. The summed E-state index contributed by atoms with van der Waals surface area (Å²) in [6, 6.07) is 7.31. The van der Waals surface area contributed by atoms with Crippen molar-refractivity contribution in [2.75, 3.05) is 25.5 Å². The summed E-state index contributed by atoms with van der Waals surface area (Å²) in [6.45, 7) is 3.27. The van der Waals surface area contributed by atoms with E-state index in [0.29, 0.717) is 24.4 Å². The third-order valence-corrected chi connectivity index (χ3v) is 4.20. The first-order valence-electron chi connectivity index (χ1n) is 8.83. The molecule has 0 aliphatic rings. The Morgan fingerprint density at radius 1 is 1.22 bits per heavy atom. The van der Waals surface area contributed by atoms with Crippen LogP contribution in [-0.4, -0.2) is 56.1 Å². The first-order chi connectivity index (χ1) is 13.0. The molecule has 2 heterocycles. The van der Waals surface area contributed by atoms with Crippen LogP contribution in [0.5, 0.6) is 0 Å². The zero-order chi connectivity index (χ0) is 19.4. The molecule has 1 N–H and O–H groups in total. The Balaban J connectivity index is 1.64. The van der Waals surface area contributed by atoms with Crippen LogP contribution in [0.1, 0.15) is 23.1 Å². The van der Waals surface area contributed by atoms with Crippen LogP contribution in [0.25, 0.3) is 11.4 Å². The van der Waals surface area contributed by atoms with Crippen LogP contribution in [0.3, 0.4) is 0 Å². The normalized spacial score (nSPS) is 10.8. The van der Waals surface area contributed by atoms with Crippen LogP contribution in [0.2, 0.25) is 0 Å². The average molecular weight is 368 g/mol. The molecule has 0 aliphatic carbocycles. The predicted octanol–water partition coefficient (Wildman–Crippen LogP) is 1.13. The fourth-order valence-electron chi connectivity index (χ4n) is 2.71. The molecule has 1 amide bonds. The highest BCUT2D eigenvalue weighted by Gasteiger charge is 2.13. The van der Waals surface area contributed by atoms with Gasteiger partial charge in [-0.1, -0.05) is 12.1 Å².